The summed E-state index contributed by atoms with van der Waals surface area (Å²) in [5.41, 5.74) is 3.32. The van der Waals surface area contributed by atoms with E-state index in [2.05, 4.69) is 15.2 Å². The van der Waals surface area contributed by atoms with Gasteiger partial charge in [0.05, 0.1) is 11.4 Å². The molecule has 1 N–H and O–H groups in total. The summed E-state index contributed by atoms with van der Waals surface area (Å²) in [4.78, 5) is 4.51. The van der Waals surface area contributed by atoms with Gasteiger partial charge in [0.1, 0.15) is 5.82 Å². The Kier molecular flexibility index (Phi) is 3.67. The zero-order chi connectivity index (χ0) is 16.7. The number of aliphatic hydroxyl groups is 1. The van der Waals surface area contributed by atoms with E-state index in [0.717, 1.165) is 22.6 Å². The van der Waals surface area contributed by atoms with Crippen molar-refractivity contribution in [2.75, 3.05) is 0 Å². The number of rotatable bonds is 2. The van der Waals surface area contributed by atoms with Gasteiger partial charge in [-0.15, -0.1) is 10.2 Å². The maximum atomic E-state index is 10.6. The fraction of sp³-hybridized carbons (Fsp3) is 0.167. The average molecular weight is 339 g/mol. The van der Waals surface area contributed by atoms with Crippen LogP contribution < -0.4 is 0 Å². The molecule has 0 fully saturated rings. The molecule has 1 aromatic heterocycles. The van der Waals surface area contributed by atoms with Crippen LogP contribution in [0.15, 0.2) is 53.5 Å². The molecule has 3 aromatic rings. The fourth-order valence-electron chi connectivity index (χ4n) is 2.96. The highest BCUT2D eigenvalue weighted by atomic mass is 35.5. The van der Waals surface area contributed by atoms with Crippen LogP contribution >= 0.6 is 11.6 Å². The molecule has 120 valence electrons. The van der Waals surface area contributed by atoms with Crippen LogP contribution in [0.2, 0.25) is 5.02 Å². The Morgan fingerprint density at radius 1 is 1.12 bits per heavy atom. The molecule has 0 saturated heterocycles. The molecule has 1 atom stereocenters. The molecule has 0 spiro atoms. The van der Waals surface area contributed by atoms with Crippen LogP contribution in [0.3, 0.4) is 0 Å². The van der Waals surface area contributed by atoms with Gasteiger partial charge >= 0.3 is 0 Å². The van der Waals surface area contributed by atoms with Gasteiger partial charge in [-0.2, -0.15) is 0 Å². The Morgan fingerprint density at radius 2 is 1.92 bits per heavy atom. The molecule has 4 rings (SSSR count). The third-order valence-corrected chi connectivity index (χ3v) is 4.29. The van der Waals surface area contributed by atoms with E-state index in [-0.39, 0.29) is 0 Å². The number of aliphatic hydroxyl groups excluding tert-OH is 1. The lowest BCUT2D eigenvalue weighted by Gasteiger charge is -2.13. The van der Waals surface area contributed by atoms with Crippen molar-refractivity contribution in [3.8, 4) is 5.69 Å². The average Bonchev–Trinajstić information content (AvgIpc) is 2.99. The van der Waals surface area contributed by atoms with Crippen molar-refractivity contribution in [2.24, 2.45) is 4.99 Å². The Hall–Kier alpha value is -2.50. The first-order chi connectivity index (χ1) is 11.7. The van der Waals surface area contributed by atoms with E-state index >= 15 is 0 Å². The minimum atomic E-state index is -1.08. The van der Waals surface area contributed by atoms with E-state index < -0.39 is 6.23 Å². The van der Waals surface area contributed by atoms with Crippen molar-refractivity contribution in [3.63, 3.8) is 0 Å². The summed E-state index contributed by atoms with van der Waals surface area (Å²) in [6.45, 7) is 2.00. The van der Waals surface area contributed by atoms with E-state index in [1.165, 1.54) is 0 Å². The summed E-state index contributed by atoms with van der Waals surface area (Å²) in [6.07, 6.45) is -0.387. The molecule has 1 aliphatic heterocycles. The number of halogens is 1. The number of aryl methyl sites for hydroxylation is 1. The Balaban J connectivity index is 2.04. The van der Waals surface area contributed by atoms with Crippen LogP contribution in [-0.4, -0.2) is 25.6 Å². The molecule has 24 heavy (non-hydrogen) atoms. The van der Waals surface area contributed by atoms with Gasteiger partial charge in [0.25, 0.3) is 0 Å². The summed E-state index contributed by atoms with van der Waals surface area (Å²) >= 11 is 6.24. The van der Waals surface area contributed by atoms with Crippen molar-refractivity contribution in [1.82, 2.24) is 14.8 Å². The predicted octanol–water partition coefficient (Wildman–Crippen LogP) is 3.33. The van der Waals surface area contributed by atoms with Crippen molar-refractivity contribution < 1.29 is 5.11 Å². The molecule has 0 saturated carbocycles. The van der Waals surface area contributed by atoms with E-state index in [9.17, 15) is 5.11 Å². The summed E-state index contributed by atoms with van der Waals surface area (Å²) in [5, 5.41) is 19.5. The highest BCUT2D eigenvalue weighted by Crippen LogP contribution is 2.31. The molecule has 2 aromatic carbocycles. The number of hydrogen-bond donors (Lipinski definition) is 1. The SMILES string of the molecule is CCc1nnc2n1-c1ccc(Cl)cc1C(c1ccccc1)=NC2O. The number of hydrogen-bond acceptors (Lipinski definition) is 4. The number of benzene rings is 2. The van der Waals surface area contributed by atoms with E-state index in [0.29, 0.717) is 23.0 Å². The van der Waals surface area contributed by atoms with Gasteiger partial charge in [0.15, 0.2) is 5.82 Å². The second kappa shape index (κ2) is 5.85. The first-order valence-corrected chi connectivity index (χ1v) is 8.12. The molecule has 1 aliphatic rings. The molecule has 0 aliphatic carbocycles. The number of fused-ring (bicyclic) bond motifs is 3. The highest BCUT2D eigenvalue weighted by Gasteiger charge is 2.27. The third-order valence-electron chi connectivity index (χ3n) is 4.06. The Morgan fingerprint density at radius 3 is 2.67 bits per heavy atom. The first kappa shape index (κ1) is 15.1. The largest absolute Gasteiger partial charge is 0.365 e. The van der Waals surface area contributed by atoms with Gasteiger partial charge in [0, 0.05) is 22.6 Å². The maximum absolute atomic E-state index is 10.6. The molecule has 0 amide bonds. The van der Waals surface area contributed by atoms with Crippen molar-refractivity contribution in [3.05, 3.63) is 76.3 Å². The van der Waals surface area contributed by atoms with Crippen LogP contribution in [0.25, 0.3) is 5.69 Å². The fourth-order valence-corrected chi connectivity index (χ4v) is 3.13. The second-order valence-corrected chi connectivity index (χ2v) is 5.98. The molecule has 0 bridgehead atoms. The lowest BCUT2D eigenvalue weighted by molar-refractivity contribution is 0.177. The standard InChI is InChI=1S/C18H15ClN4O/c1-2-15-21-22-17-18(24)20-16(11-6-4-3-5-7-11)13-10-12(19)8-9-14(13)23(15)17/h3-10,18,24H,2H2,1H3. The van der Waals surface area contributed by atoms with E-state index in [1.807, 2.05) is 60.0 Å². The summed E-state index contributed by atoms with van der Waals surface area (Å²) in [7, 11) is 0. The summed E-state index contributed by atoms with van der Waals surface area (Å²) in [6, 6.07) is 15.4. The quantitative estimate of drug-likeness (QED) is 0.779. The smallest absolute Gasteiger partial charge is 0.207 e. The van der Waals surface area contributed by atoms with E-state index in [1.54, 1.807) is 0 Å². The molecule has 1 unspecified atom stereocenters. The molecule has 6 heteroatoms. The van der Waals surface area contributed by atoms with Crippen molar-refractivity contribution in [1.29, 1.82) is 0 Å². The normalized spacial score (nSPS) is 16.1. The number of nitrogens with zero attached hydrogens (tertiary/aromatic N) is 4. The zero-order valence-corrected chi connectivity index (χ0v) is 13.8. The second-order valence-electron chi connectivity index (χ2n) is 5.54. The first-order valence-electron chi connectivity index (χ1n) is 7.75. The lowest BCUT2D eigenvalue weighted by atomic mass is 10.0. The summed E-state index contributed by atoms with van der Waals surface area (Å²) < 4.78 is 1.87. The maximum Gasteiger partial charge on any atom is 0.207 e. The Labute approximate surface area is 144 Å². The summed E-state index contributed by atoms with van der Waals surface area (Å²) in [5.74, 6) is 1.19. The van der Waals surface area contributed by atoms with Gasteiger partial charge in [-0.1, -0.05) is 48.9 Å². The highest BCUT2D eigenvalue weighted by molar-refractivity contribution is 6.31. The monoisotopic (exact) mass is 338 g/mol. The number of aromatic nitrogens is 3. The molecule has 0 radical (unpaired) electrons. The molecular weight excluding hydrogens is 324 g/mol. The van der Waals surface area contributed by atoms with Gasteiger partial charge < -0.3 is 5.11 Å². The minimum absolute atomic E-state index is 0.418. The molecule has 2 heterocycles. The van der Waals surface area contributed by atoms with Crippen molar-refractivity contribution >= 4 is 17.3 Å². The molecular formula is C18H15ClN4O. The van der Waals surface area contributed by atoms with Crippen LogP contribution in [0.1, 0.15) is 35.9 Å². The van der Waals surface area contributed by atoms with Crippen LogP contribution in [0.5, 0.6) is 0 Å². The van der Waals surface area contributed by atoms with Crippen LogP contribution in [0.4, 0.5) is 0 Å². The van der Waals surface area contributed by atoms with Gasteiger partial charge in [-0.05, 0) is 18.2 Å². The lowest BCUT2D eigenvalue weighted by Crippen LogP contribution is -2.09. The molecule has 5 nitrogen and oxygen atoms in total. The van der Waals surface area contributed by atoms with Crippen LogP contribution in [0, 0.1) is 0 Å². The Bertz CT molecular complexity index is 933. The minimum Gasteiger partial charge on any atom is -0.365 e. The van der Waals surface area contributed by atoms with Gasteiger partial charge in [-0.25, -0.2) is 4.99 Å². The van der Waals surface area contributed by atoms with Crippen molar-refractivity contribution in [2.45, 2.75) is 19.6 Å². The third kappa shape index (κ3) is 2.33. The zero-order valence-electron chi connectivity index (χ0n) is 13.0. The topological polar surface area (TPSA) is 63.3 Å². The van der Waals surface area contributed by atoms with E-state index in [4.69, 9.17) is 11.6 Å². The van der Waals surface area contributed by atoms with Crippen LogP contribution in [-0.2, 0) is 6.42 Å². The predicted molar refractivity (Wildman–Crippen MR) is 92.8 cm³/mol. The number of aliphatic imine (C=N–C) groups is 1. The van der Waals surface area contributed by atoms with Gasteiger partial charge in [-0.3, -0.25) is 4.57 Å². The van der Waals surface area contributed by atoms with Gasteiger partial charge in [0.2, 0.25) is 6.23 Å².